The molecule has 5 N–H and O–H groups in total. The van der Waals surface area contributed by atoms with Crippen molar-refractivity contribution in [1.82, 2.24) is 16.2 Å². The van der Waals surface area contributed by atoms with Gasteiger partial charge >= 0.3 is 17.9 Å². The Morgan fingerprint density at radius 3 is 2.15 bits per heavy atom. The van der Waals surface area contributed by atoms with Crippen LogP contribution in [0.5, 0.6) is 0 Å². The van der Waals surface area contributed by atoms with Crippen molar-refractivity contribution in [3.63, 3.8) is 0 Å². The number of esters is 1. The minimum absolute atomic E-state index is 0.149. The molecule has 0 unspecified atom stereocenters. The highest BCUT2D eigenvalue weighted by molar-refractivity contribution is 5.96. The maximum absolute atomic E-state index is 12.7. The standard InChI is InChI=1S/C29H37N3O8/c1-2-40-29(39)22-16-14-21(15-17-22)27(36)32-30-18-7-6-13-24(28(37)38)31-26(35)23(19-25(33)34)12-8-11-20-9-4-3-5-10-20/h3-5,9-10,14-17,23-24,30H,2,6-8,11-13,18-19H2,1H3,(H,31,35)(H,32,36)(H,33,34)(H,37,38)/t23-,24+/m1/s1. The summed E-state index contributed by atoms with van der Waals surface area (Å²) in [5, 5.41) is 21.3. The van der Waals surface area contributed by atoms with E-state index in [1.807, 2.05) is 30.3 Å². The number of benzene rings is 2. The maximum atomic E-state index is 12.7. The minimum atomic E-state index is -1.20. The van der Waals surface area contributed by atoms with Gasteiger partial charge in [0.05, 0.1) is 18.6 Å². The van der Waals surface area contributed by atoms with E-state index in [9.17, 15) is 34.2 Å². The molecule has 0 heterocycles. The summed E-state index contributed by atoms with van der Waals surface area (Å²) < 4.78 is 4.91. The zero-order valence-corrected chi connectivity index (χ0v) is 22.6. The Morgan fingerprint density at radius 2 is 1.52 bits per heavy atom. The molecule has 2 aromatic rings. The fourth-order valence-electron chi connectivity index (χ4n) is 4.03. The smallest absolute Gasteiger partial charge is 0.338 e. The van der Waals surface area contributed by atoms with Crippen molar-refractivity contribution < 1.29 is 38.9 Å². The lowest BCUT2D eigenvalue weighted by molar-refractivity contribution is -0.144. The van der Waals surface area contributed by atoms with Crippen LogP contribution in [0.2, 0.25) is 0 Å². The van der Waals surface area contributed by atoms with Gasteiger partial charge in [0.25, 0.3) is 5.91 Å². The molecule has 2 aromatic carbocycles. The molecule has 0 aliphatic heterocycles. The molecule has 0 radical (unpaired) electrons. The highest BCUT2D eigenvalue weighted by atomic mass is 16.5. The predicted octanol–water partition coefficient (Wildman–Crippen LogP) is 2.95. The van der Waals surface area contributed by atoms with Gasteiger partial charge in [0.2, 0.25) is 5.91 Å². The molecular formula is C29H37N3O8. The normalized spacial score (nSPS) is 12.1. The fraction of sp³-hybridized carbons (Fsp3) is 0.414. The number of hydrogen-bond donors (Lipinski definition) is 5. The average molecular weight is 556 g/mol. The summed E-state index contributed by atoms with van der Waals surface area (Å²) in [6.45, 7) is 2.31. The van der Waals surface area contributed by atoms with Crippen LogP contribution in [0, 0.1) is 5.92 Å². The molecule has 2 rings (SSSR count). The van der Waals surface area contributed by atoms with Crippen molar-refractivity contribution in [3.8, 4) is 0 Å². The third kappa shape index (κ3) is 11.6. The quantitative estimate of drug-likeness (QED) is 0.105. The molecule has 11 nitrogen and oxygen atoms in total. The Balaban J connectivity index is 1.74. The number of carboxylic acid groups (broad SMARTS) is 2. The molecule has 40 heavy (non-hydrogen) atoms. The second-order valence-electron chi connectivity index (χ2n) is 9.25. The van der Waals surface area contributed by atoms with E-state index in [1.54, 1.807) is 6.92 Å². The number of carbonyl (C=O) groups is 5. The largest absolute Gasteiger partial charge is 0.481 e. The highest BCUT2D eigenvalue weighted by Crippen LogP contribution is 2.16. The van der Waals surface area contributed by atoms with Gasteiger partial charge in [-0.3, -0.25) is 19.8 Å². The second-order valence-corrected chi connectivity index (χ2v) is 9.25. The lowest BCUT2D eigenvalue weighted by Crippen LogP contribution is -2.44. The van der Waals surface area contributed by atoms with E-state index in [2.05, 4.69) is 16.2 Å². The number of hydrazine groups is 1. The van der Waals surface area contributed by atoms with Crippen LogP contribution in [0.15, 0.2) is 54.6 Å². The number of aliphatic carboxylic acids is 2. The third-order valence-electron chi connectivity index (χ3n) is 6.17. The van der Waals surface area contributed by atoms with Crippen LogP contribution in [-0.2, 0) is 25.5 Å². The highest BCUT2D eigenvalue weighted by Gasteiger charge is 2.26. The number of aryl methyl sites for hydroxylation is 1. The number of nitrogens with one attached hydrogen (secondary N) is 3. The van der Waals surface area contributed by atoms with Gasteiger partial charge in [-0.1, -0.05) is 30.3 Å². The fourth-order valence-corrected chi connectivity index (χ4v) is 4.03. The first-order chi connectivity index (χ1) is 19.2. The Bertz CT molecular complexity index is 1120. The summed E-state index contributed by atoms with van der Waals surface area (Å²) >= 11 is 0. The van der Waals surface area contributed by atoms with E-state index in [1.165, 1.54) is 24.3 Å². The average Bonchev–Trinajstić information content (AvgIpc) is 2.93. The van der Waals surface area contributed by atoms with Gasteiger partial charge in [-0.15, -0.1) is 0 Å². The first kappa shape index (κ1) is 32.0. The molecule has 0 fully saturated rings. The summed E-state index contributed by atoms with van der Waals surface area (Å²) in [4.78, 5) is 59.7. The summed E-state index contributed by atoms with van der Waals surface area (Å²) in [6, 6.07) is 14.5. The SMILES string of the molecule is CCOC(=O)c1ccc(C(=O)NNCCCC[C@H](NC(=O)[C@H](CCCc2ccccc2)CC(=O)O)C(=O)O)cc1. The Kier molecular flexibility index (Phi) is 13.9. The van der Waals surface area contributed by atoms with Gasteiger partial charge in [-0.25, -0.2) is 15.0 Å². The van der Waals surface area contributed by atoms with Crippen molar-refractivity contribution in [1.29, 1.82) is 0 Å². The summed E-state index contributed by atoms with van der Waals surface area (Å²) in [5.74, 6) is -4.59. The Labute approximate surface area is 233 Å². The van der Waals surface area contributed by atoms with E-state index in [4.69, 9.17) is 4.74 Å². The van der Waals surface area contributed by atoms with Gasteiger partial charge in [0.15, 0.2) is 0 Å². The number of amides is 2. The summed E-state index contributed by atoms with van der Waals surface area (Å²) in [6.07, 6.45) is 2.34. The van der Waals surface area contributed by atoms with Crippen LogP contribution < -0.4 is 16.2 Å². The molecule has 0 aliphatic carbocycles. The van der Waals surface area contributed by atoms with Gasteiger partial charge in [-0.2, -0.15) is 0 Å². The van der Waals surface area contributed by atoms with E-state index < -0.39 is 41.7 Å². The molecule has 2 atom stereocenters. The molecule has 216 valence electrons. The van der Waals surface area contributed by atoms with Crippen LogP contribution in [-0.4, -0.2) is 59.1 Å². The van der Waals surface area contributed by atoms with Gasteiger partial charge in [-0.05, 0) is 75.3 Å². The van der Waals surface area contributed by atoms with E-state index in [0.29, 0.717) is 49.8 Å². The number of carbonyl (C=O) groups excluding carboxylic acids is 3. The summed E-state index contributed by atoms with van der Waals surface area (Å²) in [7, 11) is 0. The molecule has 2 amide bonds. The number of ether oxygens (including phenoxy) is 1. The molecule has 0 bridgehead atoms. The molecule has 0 spiro atoms. The minimum Gasteiger partial charge on any atom is -0.481 e. The monoisotopic (exact) mass is 555 g/mol. The first-order valence-electron chi connectivity index (χ1n) is 13.3. The number of rotatable bonds is 18. The number of hydrogen-bond acceptors (Lipinski definition) is 7. The van der Waals surface area contributed by atoms with Crippen LogP contribution in [0.3, 0.4) is 0 Å². The van der Waals surface area contributed by atoms with Crippen LogP contribution >= 0.6 is 0 Å². The lowest BCUT2D eigenvalue weighted by atomic mass is 9.95. The topological polar surface area (TPSA) is 171 Å². The van der Waals surface area contributed by atoms with E-state index in [0.717, 1.165) is 5.56 Å². The molecule has 0 saturated carbocycles. The zero-order chi connectivity index (χ0) is 29.3. The van der Waals surface area contributed by atoms with Gasteiger partial charge in [0, 0.05) is 18.0 Å². The van der Waals surface area contributed by atoms with Crippen molar-refractivity contribution in [2.45, 2.75) is 57.9 Å². The molecule has 0 aliphatic rings. The maximum Gasteiger partial charge on any atom is 0.338 e. The molecular weight excluding hydrogens is 518 g/mol. The molecule has 11 heteroatoms. The van der Waals surface area contributed by atoms with E-state index in [-0.39, 0.29) is 19.4 Å². The van der Waals surface area contributed by atoms with E-state index >= 15 is 0 Å². The second kappa shape index (κ2) is 17.4. The number of unbranched alkanes of at least 4 members (excludes halogenated alkanes) is 1. The third-order valence-corrected chi connectivity index (χ3v) is 6.17. The van der Waals surface area contributed by atoms with Crippen LogP contribution in [0.4, 0.5) is 0 Å². The number of carboxylic acids is 2. The van der Waals surface area contributed by atoms with Crippen molar-refractivity contribution in [2.75, 3.05) is 13.2 Å². The van der Waals surface area contributed by atoms with Crippen LogP contribution in [0.1, 0.15) is 71.7 Å². The van der Waals surface area contributed by atoms with Crippen molar-refractivity contribution >= 4 is 29.7 Å². The summed E-state index contributed by atoms with van der Waals surface area (Å²) in [5.41, 5.74) is 7.07. The Hall–Kier alpha value is -4.25. The zero-order valence-electron chi connectivity index (χ0n) is 22.6. The lowest BCUT2D eigenvalue weighted by Gasteiger charge is -2.19. The van der Waals surface area contributed by atoms with Crippen molar-refractivity contribution in [3.05, 3.63) is 71.3 Å². The molecule has 0 aromatic heterocycles. The van der Waals surface area contributed by atoms with Gasteiger partial charge < -0.3 is 20.3 Å². The Morgan fingerprint density at radius 1 is 0.850 bits per heavy atom. The van der Waals surface area contributed by atoms with Crippen LogP contribution in [0.25, 0.3) is 0 Å². The predicted molar refractivity (Wildman–Crippen MR) is 146 cm³/mol. The molecule has 0 saturated heterocycles. The van der Waals surface area contributed by atoms with Crippen molar-refractivity contribution in [2.24, 2.45) is 5.92 Å². The first-order valence-corrected chi connectivity index (χ1v) is 13.3. The van der Waals surface area contributed by atoms with Gasteiger partial charge in [0.1, 0.15) is 6.04 Å².